The van der Waals surface area contributed by atoms with Crippen molar-refractivity contribution in [1.29, 1.82) is 0 Å². The largest absolute Gasteiger partial charge is 0.383 e. The van der Waals surface area contributed by atoms with Crippen molar-refractivity contribution in [3.05, 3.63) is 51.6 Å². The summed E-state index contributed by atoms with van der Waals surface area (Å²) < 4.78 is 6.98. The average molecular weight is 396 g/mol. The van der Waals surface area contributed by atoms with Gasteiger partial charge in [-0.05, 0) is 66.4 Å². The molecule has 1 fully saturated rings. The highest BCUT2D eigenvalue weighted by molar-refractivity contribution is 5.79. The summed E-state index contributed by atoms with van der Waals surface area (Å²) >= 11 is 0. The molecule has 1 N–H and O–H groups in total. The zero-order valence-corrected chi connectivity index (χ0v) is 17.1. The molecule has 0 radical (unpaired) electrons. The van der Waals surface area contributed by atoms with Crippen molar-refractivity contribution in [2.75, 3.05) is 26.8 Å². The number of H-pyrrole nitrogens is 1. The lowest BCUT2D eigenvalue weighted by Gasteiger charge is -2.29. The fourth-order valence-corrected chi connectivity index (χ4v) is 4.13. The van der Waals surface area contributed by atoms with Gasteiger partial charge in [-0.25, -0.2) is 4.68 Å². The van der Waals surface area contributed by atoms with Gasteiger partial charge < -0.3 is 9.72 Å². The second kappa shape index (κ2) is 8.84. The van der Waals surface area contributed by atoms with E-state index in [-0.39, 0.29) is 11.6 Å². The Hall–Kier alpha value is -2.58. The van der Waals surface area contributed by atoms with Crippen molar-refractivity contribution in [1.82, 2.24) is 30.1 Å². The van der Waals surface area contributed by atoms with E-state index in [0.29, 0.717) is 24.5 Å². The number of aromatic amines is 1. The topological polar surface area (TPSA) is 88.9 Å². The zero-order valence-electron chi connectivity index (χ0n) is 17.1. The van der Waals surface area contributed by atoms with E-state index in [9.17, 15) is 4.79 Å². The van der Waals surface area contributed by atoms with Crippen molar-refractivity contribution in [2.45, 2.75) is 45.2 Å². The Morgan fingerprint density at radius 1 is 1.17 bits per heavy atom. The summed E-state index contributed by atoms with van der Waals surface area (Å²) in [6, 6.07) is 7.84. The van der Waals surface area contributed by atoms with Gasteiger partial charge in [0.15, 0.2) is 5.82 Å². The summed E-state index contributed by atoms with van der Waals surface area (Å²) in [4.78, 5) is 18.6. The number of aromatic nitrogens is 5. The summed E-state index contributed by atoms with van der Waals surface area (Å²) in [5.74, 6) is 0.695. The summed E-state index contributed by atoms with van der Waals surface area (Å²) in [5.41, 5.74) is 2.58. The van der Waals surface area contributed by atoms with Crippen LogP contribution in [0.15, 0.2) is 29.1 Å². The molecule has 2 aromatic heterocycles. The van der Waals surface area contributed by atoms with Gasteiger partial charge in [-0.1, -0.05) is 25.0 Å². The van der Waals surface area contributed by atoms with Crippen molar-refractivity contribution < 1.29 is 4.74 Å². The molecule has 8 heteroatoms. The minimum atomic E-state index is -0.283. The van der Waals surface area contributed by atoms with Crippen LogP contribution < -0.4 is 5.56 Å². The highest BCUT2D eigenvalue weighted by Crippen LogP contribution is 2.29. The number of nitrogens with zero attached hydrogens (tertiary/aromatic N) is 5. The number of rotatable bonds is 6. The van der Waals surface area contributed by atoms with Crippen LogP contribution >= 0.6 is 0 Å². The maximum Gasteiger partial charge on any atom is 0.253 e. The van der Waals surface area contributed by atoms with Crippen LogP contribution in [-0.4, -0.2) is 56.9 Å². The van der Waals surface area contributed by atoms with Crippen LogP contribution in [-0.2, 0) is 11.3 Å². The lowest BCUT2D eigenvalue weighted by atomic mass is 10.0. The number of benzene rings is 1. The van der Waals surface area contributed by atoms with Crippen LogP contribution in [0.5, 0.6) is 0 Å². The Kier molecular flexibility index (Phi) is 6.01. The Morgan fingerprint density at radius 3 is 2.72 bits per heavy atom. The molecule has 29 heavy (non-hydrogen) atoms. The van der Waals surface area contributed by atoms with Crippen molar-refractivity contribution in [3.63, 3.8) is 0 Å². The molecule has 4 rings (SSSR count). The molecule has 1 aliphatic rings. The van der Waals surface area contributed by atoms with Gasteiger partial charge in [0, 0.05) is 18.2 Å². The highest BCUT2D eigenvalue weighted by atomic mass is 16.5. The number of likely N-dealkylation sites (tertiary alicyclic amines) is 1. The van der Waals surface area contributed by atoms with E-state index in [1.807, 2.05) is 19.1 Å². The number of ether oxygens (including phenoxy) is 1. The zero-order chi connectivity index (χ0) is 20.2. The molecule has 1 aromatic carbocycles. The lowest BCUT2D eigenvalue weighted by Crippen LogP contribution is -2.36. The van der Waals surface area contributed by atoms with E-state index < -0.39 is 0 Å². The molecule has 0 bridgehead atoms. The number of pyridine rings is 1. The monoisotopic (exact) mass is 396 g/mol. The van der Waals surface area contributed by atoms with Gasteiger partial charge in [0.1, 0.15) is 6.04 Å². The van der Waals surface area contributed by atoms with Crippen LogP contribution in [0.2, 0.25) is 0 Å². The van der Waals surface area contributed by atoms with E-state index in [2.05, 4.69) is 37.5 Å². The fraction of sp³-hybridized carbons (Fsp3) is 0.524. The third-order valence-corrected chi connectivity index (χ3v) is 5.64. The number of nitrogens with one attached hydrogen (secondary N) is 1. The summed E-state index contributed by atoms with van der Waals surface area (Å²) in [5, 5.41) is 13.4. The van der Waals surface area contributed by atoms with Crippen LogP contribution in [0.4, 0.5) is 0 Å². The first-order chi connectivity index (χ1) is 14.2. The summed E-state index contributed by atoms with van der Waals surface area (Å²) in [6.07, 6.45) is 4.65. The van der Waals surface area contributed by atoms with Gasteiger partial charge in [0.05, 0.1) is 13.2 Å². The second-order valence-electron chi connectivity index (χ2n) is 7.75. The van der Waals surface area contributed by atoms with Crippen LogP contribution in [0.25, 0.3) is 10.9 Å². The molecule has 1 saturated heterocycles. The Labute approximate surface area is 169 Å². The quantitative estimate of drug-likeness (QED) is 0.688. The average Bonchev–Trinajstić information content (AvgIpc) is 2.99. The molecule has 1 aliphatic heterocycles. The maximum atomic E-state index is 13.2. The number of fused-ring (bicyclic) bond motifs is 1. The first-order valence-corrected chi connectivity index (χ1v) is 10.3. The predicted molar refractivity (Wildman–Crippen MR) is 111 cm³/mol. The molecule has 0 unspecified atom stereocenters. The van der Waals surface area contributed by atoms with Crippen LogP contribution in [0.3, 0.4) is 0 Å². The van der Waals surface area contributed by atoms with Crippen LogP contribution in [0, 0.1) is 6.92 Å². The first-order valence-electron chi connectivity index (χ1n) is 10.3. The molecule has 0 aliphatic carbocycles. The number of methoxy groups -OCH3 is 1. The minimum Gasteiger partial charge on any atom is -0.383 e. The third kappa shape index (κ3) is 4.23. The molecule has 0 saturated carbocycles. The number of hydrogen-bond donors (Lipinski definition) is 1. The van der Waals surface area contributed by atoms with Crippen molar-refractivity contribution in [2.24, 2.45) is 0 Å². The molecule has 0 spiro atoms. The smallest absolute Gasteiger partial charge is 0.253 e. The Bertz CT molecular complexity index is 1020. The maximum absolute atomic E-state index is 13.2. The molecular weight excluding hydrogens is 368 g/mol. The Morgan fingerprint density at radius 2 is 1.97 bits per heavy atom. The second-order valence-corrected chi connectivity index (χ2v) is 7.75. The Balaban J connectivity index is 1.83. The predicted octanol–water partition coefficient (Wildman–Crippen LogP) is 2.43. The van der Waals surface area contributed by atoms with Crippen molar-refractivity contribution in [3.8, 4) is 0 Å². The van der Waals surface area contributed by atoms with Crippen molar-refractivity contribution >= 4 is 10.9 Å². The number of tetrazole rings is 1. The van der Waals surface area contributed by atoms with Gasteiger partial charge in [0.25, 0.3) is 5.56 Å². The number of aryl methyl sites for hydroxylation is 1. The summed E-state index contributed by atoms with van der Waals surface area (Å²) in [6.45, 7) is 4.93. The van der Waals surface area contributed by atoms with E-state index in [0.717, 1.165) is 42.4 Å². The van der Waals surface area contributed by atoms with E-state index >= 15 is 0 Å². The van der Waals surface area contributed by atoms with Crippen LogP contribution in [0.1, 0.15) is 48.7 Å². The molecule has 3 aromatic rings. The van der Waals surface area contributed by atoms with Gasteiger partial charge in [-0.2, -0.15) is 0 Å². The summed E-state index contributed by atoms with van der Waals surface area (Å²) in [7, 11) is 1.66. The molecule has 154 valence electrons. The standard InChI is InChI=1S/C21H28N6O2/c1-15-7-8-16-14-17(21(28)22-18(16)13-15)19(26-9-5-3-4-6-10-26)20-23-24-25-27(20)11-12-29-2/h7-8,13-14,19H,3-6,9-12H2,1-2H3,(H,22,28)/t19-/m1/s1. The van der Waals surface area contributed by atoms with Gasteiger partial charge >= 0.3 is 0 Å². The van der Waals surface area contributed by atoms with Gasteiger partial charge in [-0.3, -0.25) is 9.69 Å². The molecular formula is C21H28N6O2. The van der Waals surface area contributed by atoms with E-state index in [1.54, 1.807) is 11.8 Å². The normalized spacial score (nSPS) is 16.8. The fourth-order valence-electron chi connectivity index (χ4n) is 4.13. The number of hydrogen-bond acceptors (Lipinski definition) is 6. The van der Waals surface area contributed by atoms with E-state index in [4.69, 9.17) is 4.74 Å². The van der Waals surface area contributed by atoms with Gasteiger partial charge in [0.2, 0.25) is 0 Å². The minimum absolute atomic E-state index is 0.0846. The molecule has 8 nitrogen and oxygen atoms in total. The molecule has 1 atom stereocenters. The molecule has 0 amide bonds. The SMILES string of the molecule is COCCn1nnnc1[C@@H](c1cc2ccc(C)cc2[nH]c1=O)N1CCCCCC1. The highest BCUT2D eigenvalue weighted by Gasteiger charge is 2.30. The lowest BCUT2D eigenvalue weighted by molar-refractivity contribution is 0.175. The van der Waals surface area contributed by atoms with E-state index in [1.165, 1.54) is 12.8 Å². The molecule has 3 heterocycles. The van der Waals surface area contributed by atoms with Gasteiger partial charge in [-0.15, -0.1) is 5.10 Å². The first kappa shape index (κ1) is 19.7. The third-order valence-electron chi connectivity index (χ3n) is 5.64.